The van der Waals surface area contributed by atoms with Crippen molar-refractivity contribution in [2.75, 3.05) is 23.1 Å². The van der Waals surface area contributed by atoms with Crippen LogP contribution in [0, 0.1) is 12.8 Å². The van der Waals surface area contributed by atoms with Gasteiger partial charge in [0.1, 0.15) is 0 Å². The summed E-state index contributed by atoms with van der Waals surface area (Å²) in [6.07, 6.45) is 0.811. The van der Waals surface area contributed by atoms with Crippen LogP contribution in [0.25, 0.3) is 0 Å². The molecule has 0 aliphatic carbocycles. The number of hydrogen-bond acceptors (Lipinski definition) is 4. The highest BCUT2D eigenvalue weighted by Crippen LogP contribution is 2.24. The van der Waals surface area contributed by atoms with Crippen LogP contribution in [-0.4, -0.2) is 27.4 Å². The fourth-order valence-electron chi connectivity index (χ4n) is 2.74. The lowest BCUT2D eigenvalue weighted by Gasteiger charge is -2.14. The molecule has 0 radical (unpaired) electrons. The molecule has 0 spiro atoms. The Morgan fingerprint density at radius 2 is 1.88 bits per heavy atom. The smallest absolute Gasteiger partial charge is 0.261 e. The molecule has 1 atom stereocenters. The minimum atomic E-state index is -3.67. The minimum Gasteiger partial charge on any atom is -0.326 e. The highest BCUT2D eigenvalue weighted by Gasteiger charge is 2.22. The van der Waals surface area contributed by atoms with Crippen LogP contribution in [0.5, 0.6) is 0 Å². The third kappa shape index (κ3) is 4.75. The van der Waals surface area contributed by atoms with E-state index in [0.29, 0.717) is 17.9 Å². The molecule has 3 rings (SSSR count). The van der Waals surface area contributed by atoms with E-state index in [9.17, 15) is 13.2 Å². The van der Waals surface area contributed by atoms with Gasteiger partial charge >= 0.3 is 0 Å². The number of aryl methyl sites for hydroxylation is 1. The molecule has 1 aliphatic rings. The topological polar surface area (TPSA) is 87.3 Å². The van der Waals surface area contributed by atoms with Gasteiger partial charge in [-0.15, -0.1) is 12.4 Å². The number of carbonyl (C=O) groups excluding carboxylic acids is 1. The lowest BCUT2D eigenvalue weighted by atomic mass is 10.1. The normalized spacial score (nSPS) is 16.6. The van der Waals surface area contributed by atoms with Crippen LogP contribution in [0.1, 0.15) is 12.0 Å². The van der Waals surface area contributed by atoms with Crippen LogP contribution < -0.4 is 15.4 Å². The molecule has 140 valence electrons. The summed E-state index contributed by atoms with van der Waals surface area (Å²) < 4.78 is 27.6. The number of nitrogens with one attached hydrogen (secondary N) is 3. The van der Waals surface area contributed by atoms with Crippen LogP contribution in [0.15, 0.2) is 53.4 Å². The summed E-state index contributed by atoms with van der Waals surface area (Å²) in [7, 11) is -3.67. The van der Waals surface area contributed by atoms with Crippen molar-refractivity contribution in [1.29, 1.82) is 0 Å². The second-order valence-corrected chi connectivity index (χ2v) is 7.81. The molecular formula is C18H22ClN3O3S. The predicted molar refractivity (Wildman–Crippen MR) is 105 cm³/mol. The molecule has 1 unspecified atom stereocenters. The van der Waals surface area contributed by atoms with Crippen molar-refractivity contribution < 1.29 is 13.2 Å². The molecule has 0 bridgehead atoms. The maximum atomic E-state index is 12.5. The summed E-state index contributed by atoms with van der Waals surface area (Å²) in [4.78, 5) is 12.4. The number of carbonyl (C=O) groups is 1. The maximum Gasteiger partial charge on any atom is 0.261 e. The maximum absolute atomic E-state index is 12.5. The molecule has 1 saturated heterocycles. The third-order valence-electron chi connectivity index (χ3n) is 4.23. The second-order valence-electron chi connectivity index (χ2n) is 6.13. The van der Waals surface area contributed by atoms with E-state index in [-0.39, 0.29) is 29.1 Å². The number of halogens is 1. The first-order valence-corrected chi connectivity index (χ1v) is 9.64. The molecule has 6 nitrogen and oxygen atoms in total. The van der Waals surface area contributed by atoms with E-state index >= 15 is 0 Å². The SMILES string of the molecule is Cc1ccc(NC(=O)C2CCNC2)cc1NS(=O)(=O)c1ccccc1.Cl. The van der Waals surface area contributed by atoms with Crippen molar-refractivity contribution in [3.63, 3.8) is 0 Å². The number of sulfonamides is 1. The van der Waals surface area contributed by atoms with Gasteiger partial charge in [0.25, 0.3) is 10.0 Å². The summed E-state index contributed by atoms with van der Waals surface area (Å²) in [5.41, 5.74) is 1.81. The Balaban J connectivity index is 0.00000243. The Hall–Kier alpha value is -2.09. The Morgan fingerprint density at radius 3 is 2.54 bits per heavy atom. The summed E-state index contributed by atoms with van der Waals surface area (Å²) in [5, 5.41) is 6.02. The quantitative estimate of drug-likeness (QED) is 0.726. The van der Waals surface area contributed by atoms with Gasteiger partial charge in [-0.2, -0.15) is 0 Å². The van der Waals surface area contributed by atoms with Gasteiger partial charge in [-0.25, -0.2) is 8.42 Å². The van der Waals surface area contributed by atoms with E-state index in [1.165, 1.54) is 12.1 Å². The van der Waals surface area contributed by atoms with Gasteiger partial charge in [0.05, 0.1) is 16.5 Å². The van der Waals surface area contributed by atoms with Crippen molar-refractivity contribution in [1.82, 2.24) is 5.32 Å². The minimum absolute atomic E-state index is 0. The van der Waals surface area contributed by atoms with E-state index in [4.69, 9.17) is 0 Å². The fraction of sp³-hybridized carbons (Fsp3) is 0.278. The van der Waals surface area contributed by atoms with Crippen LogP contribution >= 0.6 is 12.4 Å². The van der Waals surface area contributed by atoms with Gasteiger partial charge in [0.2, 0.25) is 5.91 Å². The highest BCUT2D eigenvalue weighted by molar-refractivity contribution is 7.92. The molecule has 0 saturated carbocycles. The summed E-state index contributed by atoms with van der Waals surface area (Å²) >= 11 is 0. The van der Waals surface area contributed by atoms with Gasteiger partial charge in [0, 0.05) is 12.2 Å². The van der Waals surface area contributed by atoms with Gasteiger partial charge in [-0.3, -0.25) is 9.52 Å². The van der Waals surface area contributed by atoms with Crippen molar-refractivity contribution in [2.24, 2.45) is 5.92 Å². The van der Waals surface area contributed by atoms with Gasteiger partial charge < -0.3 is 10.6 Å². The van der Waals surface area contributed by atoms with Crippen LogP contribution in [0.3, 0.4) is 0 Å². The summed E-state index contributed by atoms with van der Waals surface area (Å²) in [6, 6.07) is 13.4. The Kier molecular flexibility index (Phi) is 6.63. The molecule has 1 aliphatic heterocycles. The molecule has 2 aromatic rings. The molecule has 26 heavy (non-hydrogen) atoms. The highest BCUT2D eigenvalue weighted by atomic mass is 35.5. The average Bonchev–Trinajstić information content (AvgIpc) is 3.13. The molecule has 1 heterocycles. The third-order valence-corrected chi connectivity index (χ3v) is 5.62. The predicted octanol–water partition coefficient (Wildman–Crippen LogP) is 2.77. The Labute approximate surface area is 159 Å². The number of amides is 1. The lowest BCUT2D eigenvalue weighted by molar-refractivity contribution is -0.119. The van der Waals surface area contributed by atoms with Crippen LogP contribution in [0.4, 0.5) is 11.4 Å². The first-order chi connectivity index (χ1) is 12.0. The summed E-state index contributed by atoms with van der Waals surface area (Å²) in [5.74, 6) is -0.100. The first-order valence-electron chi connectivity index (χ1n) is 8.16. The second kappa shape index (κ2) is 8.53. The van der Waals surface area contributed by atoms with E-state index in [1.54, 1.807) is 36.4 Å². The van der Waals surface area contributed by atoms with E-state index < -0.39 is 10.0 Å². The van der Waals surface area contributed by atoms with Gasteiger partial charge in [-0.05, 0) is 49.7 Å². The standard InChI is InChI=1S/C18H21N3O3S.ClH/c1-13-7-8-15(20-18(22)14-9-10-19-12-14)11-17(13)21-25(23,24)16-5-3-2-4-6-16;/h2-8,11,14,19,21H,9-10,12H2,1H3,(H,20,22);1H. The monoisotopic (exact) mass is 395 g/mol. The summed E-state index contributed by atoms with van der Waals surface area (Å²) in [6.45, 7) is 3.33. The van der Waals surface area contributed by atoms with Crippen molar-refractivity contribution in [3.05, 3.63) is 54.1 Å². The Morgan fingerprint density at radius 1 is 1.15 bits per heavy atom. The largest absolute Gasteiger partial charge is 0.326 e. The van der Waals surface area contributed by atoms with E-state index in [0.717, 1.165) is 18.5 Å². The zero-order valence-corrected chi connectivity index (χ0v) is 16.0. The lowest BCUT2D eigenvalue weighted by Crippen LogP contribution is -2.24. The number of benzene rings is 2. The number of rotatable bonds is 5. The van der Waals surface area contributed by atoms with Crippen LogP contribution in [0.2, 0.25) is 0 Å². The van der Waals surface area contributed by atoms with Crippen molar-refractivity contribution in [2.45, 2.75) is 18.2 Å². The van der Waals surface area contributed by atoms with Gasteiger partial charge in [0.15, 0.2) is 0 Å². The van der Waals surface area contributed by atoms with E-state index in [2.05, 4.69) is 15.4 Å². The molecule has 1 amide bonds. The molecular weight excluding hydrogens is 374 g/mol. The fourth-order valence-corrected chi connectivity index (χ4v) is 3.88. The molecule has 0 aromatic heterocycles. The number of hydrogen-bond donors (Lipinski definition) is 3. The van der Waals surface area contributed by atoms with Crippen molar-refractivity contribution in [3.8, 4) is 0 Å². The zero-order valence-electron chi connectivity index (χ0n) is 14.4. The number of anilines is 2. The molecule has 3 N–H and O–H groups in total. The van der Waals surface area contributed by atoms with Crippen LogP contribution in [-0.2, 0) is 14.8 Å². The van der Waals surface area contributed by atoms with Crippen molar-refractivity contribution >= 4 is 39.7 Å². The van der Waals surface area contributed by atoms with E-state index in [1.807, 2.05) is 6.92 Å². The average molecular weight is 396 g/mol. The molecule has 1 fully saturated rings. The Bertz CT molecular complexity index is 867. The zero-order chi connectivity index (χ0) is 17.9. The molecule has 2 aromatic carbocycles. The first kappa shape index (κ1) is 20.2. The molecule has 8 heteroatoms. The van der Waals surface area contributed by atoms with Gasteiger partial charge in [-0.1, -0.05) is 24.3 Å².